The van der Waals surface area contributed by atoms with Crippen LogP contribution in [0.3, 0.4) is 0 Å². The van der Waals surface area contributed by atoms with E-state index in [1.807, 2.05) is 0 Å². The van der Waals surface area contributed by atoms with Crippen molar-refractivity contribution in [1.82, 2.24) is 10.2 Å². The van der Waals surface area contributed by atoms with Gasteiger partial charge in [0.15, 0.2) is 0 Å². The normalized spacial score (nSPS) is 27.3. The zero-order valence-corrected chi connectivity index (χ0v) is 11.9. The lowest BCUT2D eigenvalue weighted by atomic mass is 9.97. The van der Waals surface area contributed by atoms with Gasteiger partial charge in [-0.3, -0.25) is 0 Å². The summed E-state index contributed by atoms with van der Waals surface area (Å²) in [4.78, 5) is 2.67. The molecule has 0 aromatic carbocycles. The predicted molar refractivity (Wildman–Crippen MR) is 75.8 cm³/mol. The largest absolute Gasteiger partial charge is 0.395 e. The van der Waals surface area contributed by atoms with Gasteiger partial charge in [-0.25, -0.2) is 0 Å². The molecule has 0 aromatic rings. The molecule has 106 valence electrons. The van der Waals surface area contributed by atoms with Gasteiger partial charge in [-0.05, 0) is 51.6 Å². The van der Waals surface area contributed by atoms with Crippen molar-refractivity contribution >= 4 is 0 Å². The first-order valence-electron chi connectivity index (χ1n) is 7.94. The molecule has 0 aromatic heterocycles. The molecule has 1 aliphatic carbocycles. The highest BCUT2D eigenvalue weighted by atomic mass is 16.3. The second-order valence-corrected chi connectivity index (χ2v) is 6.08. The van der Waals surface area contributed by atoms with Crippen molar-refractivity contribution in [1.29, 1.82) is 0 Å². The van der Waals surface area contributed by atoms with Crippen molar-refractivity contribution in [2.24, 2.45) is 0 Å². The Balaban J connectivity index is 1.71. The van der Waals surface area contributed by atoms with Crippen LogP contribution in [0.25, 0.3) is 0 Å². The molecule has 3 nitrogen and oxygen atoms in total. The molecular formula is C15H30N2O. The highest BCUT2D eigenvalue weighted by molar-refractivity contribution is 4.86. The van der Waals surface area contributed by atoms with Crippen LogP contribution in [0.15, 0.2) is 0 Å². The van der Waals surface area contributed by atoms with Crippen molar-refractivity contribution < 1.29 is 5.11 Å². The van der Waals surface area contributed by atoms with Crippen LogP contribution >= 0.6 is 0 Å². The average molecular weight is 254 g/mol. The first-order chi connectivity index (χ1) is 8.83. The summed E-state index contributed by atoms with van der Waals surface area (Å²) in [6.45, 7) is 5.02. The Hall–Kier alpha value is -0.120. The zero-order chi connectivity index (χ0) is 12.8. The molecule has 2 atom stereocenters. The summed E-state index contributed by atoms with van der Waals surface area (Å²) in [5.74, 6) is 0. The summed E-state index contributed by atoms with van der Waals surface area (Å²) in [6, 6.07) is 1.83. The number of aliphatic hydroxyl groups is 1. The number of hydrogen-bond donors (Lipinski definition) is 2. The van der Waals surface area contributed by atoms with E-state index in [0.717, 1.165) is 19.0 Å². The fraction of sp³-hybridized carbons (Fsp3) is 1.00. The van der Waals surface area contributed by atoms with E-state index >= 15 is 0 Å². The minimum atomic E-state index is 0.294. The van der Waals surface area contributed by atoms with E-state index in [9.17, 15) is 5.11 Å². The molecule has 2 aliphatic rings. The molecular weight excluding hydrogens is 224 g/mol. The van der Waals surface area contributed by atoms with Gasteiger partial charge in [0.05, 0.1) is 6.61 Å². The third-order valence-electron chi connectivity index (χ3n) is 4.40. The fourth-order valence-electron chi connectivity index (χ4n) is 3.15. The van der Waals surface area contributed by atoms with E-state index in [4.69, 9.17) is 0 Å². The Bertz CT molecular complexity index is 229. The van der Waals surface area contributed by atoms with Crippen LogP contribution in [0.4, 0.5) is 0 Å². The van der Waals surface area contributed by atoms with Crippen molar-refractivity contribution in [3.05, 3.63) is 0 Å². The average Bonchev–Trinajstić information content (AvgIpc) is 3.20. The van der Waals surface area contributed by atoms with E-state index < -0.39 is 0 Å². The summed E-state index contributed by atoms with van der Waals surface area (Å²) in [6.07, 6.45) is 10.5. The molecule has 1 heterocycles. The third kappa shape index (κ3) is 4.52. The monoisotopic (exact) mass is 254 g/mol. The molecule has 2 rings (SSSR count). The molecule has 2 unspecified atom stereocenters. The molecule has 2 N–H and O–H groups in total. The number of nitrogens with zero attached hydrogens (tertiary/aromatic N) is 1. The molecule has 1 saturated carbocycles. The maximum absolute atomic E-state index is 9.42. The Morgan fingerprint density at radius 2 is 2.11 bits per heavy atom. The van der Waals surface area contributed by atoms with Gasteiger partial charge in [-0.2, -0.15) is 0 Å². The molecule has 2 fully saturated rings. The van der Waals surface area contributed by atoms with Gasteiger partial charge in [-0.15, -0.1) is 0 Å². The second-order valence-electron chi connectivity index (χ2n) is 6.08. The quantitative estimate of drug-likeness (QED) is 0.696. The Morgan fingerprint density at radius 1 is 1.28 bits per heavy atom. The van der Waals surface area contributed by atoms with Gasteiger partial charge < -0.3 is 15.3 Å². The van der Waals surface area contributed by atoms with Crippen LogP contribution in [-0.4, -0.2) is 47.8 Å². The smallest absolute Gasteiger partial charge is 0.0585 e. The summed E-state index contributed by atoms with van der Waals surface area (Å²) in [5.41, 5.74) is 0. The summed E-state index contributed by atoms with van der Waals surface area (Å²) < 4.78 is 0. The number of nitrogens with one attached hydrogen (secondary N) is 1. The number of likely N-dealkylation sites (tertiary alicyclic amines) is 1. The predicted octanol–water partition coefficient (Wildman–Crippen LogP) is 2.14. The van der Waals surface area contributed by atoms with Crippen molar-refractivity contribution in [3.63, 3.8) is 0 Å². The third-order valence-corrected chi connectivity index (χ3v) is 4.40. The van der Waals surface area contributed by atoms with Gasteiger partial charge in [-0.1, -0.05) is 19.8 Å². The van der Waals surface area contributed by atoms with E-state index in [0.29, 0.717) is 18.7 Å². The van der Waals surface area contributed by atoms with E-state index in [1.165, 1.54) is 51.5 Å². The van der Waals surface area contributed by atoms with Gasteiger partial charge in [0.25, 0.3) is 0 Å². The lowest BCUT2D eigenvalue weighted by Gasteiger charge is -2.36. The van der Waals surface area contributed by atoms with Crippen molar-refractivity contribution in [2.45, 2.75) is 76.4 Å². The van der Waals surface area contributed by atoms with Crippen LogP contribution in [0.1, 0.15) is 58.3 Å². The number of aliphatic hydroxyl groups excluding tert-OH is 1. The minimum absolute atomic E-state index is 0.294. The minimum Gasteiger partial charge on any atom is -0.395 e. The highest BCUT2D eigenvalue weighted by Crippen LogP contribution is 2.22. The summed E-state index contributed by atoms with van der Waals surface area (Å²) >= 11 is 0. The fourth-order valence-corrected chi connectivity index (χ4v) is 3.15. The topological polar surface area (TPSA) is 35.5 Å². The highest BCUT2D eigenvalue weighted by Gasteiger charge is 2.26. The summed E-state index contributed by atoms with van der Waals surface area (Å²) in [5, 5.41) is 13.0. The van der Waals surface area contributed by atoms with E-state index in [1.54, 1.807) is 0 Å². The number of piperidine rings is 1. The first kappa shape index (κ1) is 14.3. The molecule has 0 amide bonds. The van der Waals surface area contributed by atoms with E-state index in [-0.39, 0.29) is 0 Å². The maximum Gasteiger partial charge on any atom is 0.0585 e. The standard InChI is InChI=1S/C15H30N2O/c1-2-5-15-6-3-4-10-17(15)11-9-14(12-18)16-13-7-8-13/h13-16,18H,2-12H2,1H3. The van der Waals surface area contributed by atoms with Gasteiger partial charge in [0, 0.05) is 18.1 Å². The first-order valence-corrected chi connectivity index (χ1v) is 7.94. The molecule has 18 heavy (non-hydrogen) atoms. The number of hydrogen-bond acceptors (Lipinski definition) is 3. The van der Waals surface area contributed by atoms with Crippen LogP contribution in [-0.2, 0) is 0 Å². The van der Waals surface area contributed by atoms with Crippen LogP contribution in [0.2, 0.25) is 0 Å². The maximum atomic E-state index is 9.42. The molecule has 0 radical (unpaired) electrons. The SMILES string of the molecule is CCCC1CCCCN1CCC(CO)NC1CC1. The molecule has 0 bridgehead atoms. The molecule has 1 aliphatic heterocycles. The Morgan fingerprint density at radius 3 is 2.78 bits per heavy atom. The lowest BCUT2D eigenvalue weighted by Crippen LogP contribution is -2.43. The van der Waals surface area contributed by atoms with Gasteiger partial charge >= 0.3 is 0 Å². The van der Waals surface area contributed by atoms with Crippen LogP contribution < -0.4 is 5.32 Å². The Kier molecular flexibility index (Phi) is 5.93. The van der Waals surface area contributed by atoms with Crippen LogP contribution in [0.5, 0.6) is 0 Å². The number of rotatable bonds is 8. The summed E-state index contributed by atoms with van der Waals surface area (Å²) in [7, 11) is 0. The van der Waals surface area contributed by atoms with Gasteiger partial charge in [0.2, 0.25) is 0 Å². The van der Waals surface area contributed by atoms with E-state index in [2.05, 4.69) is 17.1 Å². The van der Waals surface area contributed by atoms with Crippen LogP contribution in [0, 0.1) is 0 Å². The van der Waals surface area contributed by atoms with Crippen molar-refractivity contribution in [2.75, 3.05) is 19.7 Å². The van der Waals surface area contributed by atoms with Crippen molar-refractivity contribution in [3.8, 4) is 0 Å². The molecule has 1 saturated heterocycles. The Labute approximate surface area is 112 Å². The zero-order valence-electron chi connectivity index (χ0n) is 11.9. The lowest BCUT2D eigenvalue weighted by molar-refractivity contribution is 0.125. The molecule has 3 heteroatoms. The second kappa shape index (κ2) is 7.46. The molecule has 0 spiro atoms. The van der Waals surface area contributed by atoms with Gasteiger partial charge in [0.1, 0.15) is 0 Å².